The van der Waals surface area contributed by atoms with Crippen LogP contribution in [0.3, 0.4) is 0 Å². The molecule has 0 unspecified atom stereocenters. The molecule has 1 amide bonds. The minimum Gasteiger partial charge on any atom is -0.463 e. The lowest BCUT2D eigenvalue weighted by molar-refractivity contribution is -0.117. The summed E-state index contributed by atoms with van der Waals surface area (Å²) >= 11 is 0. The van der Waals surface area contributed by atoms with Gasteiger partial charge in [-0.3, -0.25) is 9.69 Å². The third kappa shape index (κ3) is 7.20. The number of rotatable bonds is 12. The van der Waals surface area contributed by atoms with E-state index in [2.05, 4.69) is 21.8 Å². The van der Waals surface area contributed by atoms with Crippen molar-refractivity contribution in [2.24, 2.45) is 11.8 Å². The topological polar surface area (TPSA) is 84.6 Å². The first-order valence-electron chi connectivity index (χ1n) is 13.5. The molecule has 192 valence electrons. The molecule has 1 aliphatic carbocycles. The largest absolute Gasteiger partial charge is 0.463 e. The van der Waals surface area contributed by atoms with Gasteiger partial charge >= 0.3 is 6.01 Å². The van der Waals surface area contributed by atoms with Crippen molar-refractivity contribution in [1.29, 1.82) is 0 Å². The Kier molecular flexibility index (Phi) is 10.7. The van der Waals surface area contributed by atoms with Crippen LogP contribution in [0.5, 0.6) is 6.01 Å². The lowest BCUT2D eigenvalue weighted by atomic mass is 9.90. The predicted molar refractivity (Wildman–Crippen MR) is 140 cm³/mol. The average Bonchev–Trinajstić information content (AvgIpc) is 3.43. The summed E-state index contributed by atoms with van der Waals surface area (Å²) in [6, 6.07) is 0.290. The predicted octanol–water partition coefficient (Wildman–Crippen LogP) is 5.01. The zero-order valence-electron chi connectivity index (χ0n) is 21.0. The molecule has 4 rings (SSSR count). The summed E-state index contributed by atoms with van der Waals surface area (Å²) in [6.45, 7) is 7.33. The SMILES string of the molecule is CCCCOc1nc(N)c2c(n1)N(CCCCCC1CCN(CC3CCCC3)CC1)C(=O)C2.Cl. The zero-order valence-corrected chi connectivity index (χ0v) is 21.8. The van der Waals surface area contributed by atoms with E-state index in [9.17, 15) is 4.79 Å². The molecule has 1 saturated heterocycles. The number of ether oxygens (including phenoxy) is 1. The van der Waals surface area contributed by atoms with E-state index in [4.69, 9.17) is 10.5 Å². The molecule has 0 radical (unpaired) electrons. The van der Waals surface area contributed by atoms with Crippen molar-refractivity contribution in [3.05, 3.63) is 5.56 Å². The highest BCUT2D eigenvalue weighted by atomic mass is 35.5. The van der Waals surface area contributed by atoms with Crippen LogP contribution in [0.4, 0.5) is 11.6 Å². The molecule has 0 atom stereocenters. The van der Waals surface area contributed by atoms with Gasteiger partial charge in [-0.25, -0.2) is 0 Å². The van der Waals surface area contributed by atoms with E-state index in [0.29, 0.717) is 37.2 Å². The molecule has 2 N–H and O–H groups in total. The van der Waals surface area contributed by atoms with Crippen molar-refractivity contribution in [3.8, 4) is 6.01 Å². The van der Waals surface area contributed by atoms with Gasteiger partial charge in [0.2, 0.25) is 5.91 Å². The molecule has 3 heterocycles. The van der Waals surface area contributed by atoms with Gasteiger partial charge in [0.05, 0.1) is 13.0 Å². The fourth-order valence-corrected chi connectivity index (χ4v) is 5.72. The quantitative estimate of drug-likeness (QED) is 0.412. The van der Waals surface area contributed by atoms with Crippen molar-refractivity contribution in [2.75, 3.05) is 43.4 Å². The molecule has 34 heavy (non-hydrogen) atoms. The molecule has 7 nitrogen and oxygen atoms in total. The fraction of sp³-hybridized carbons (Fsp3) is 0.808. The number of anilines is 2. The fourth-order valence-electron chi connectivity index (χ4n) is 5.72. The van der Waals surface area contributed by atoms with Crippen LogP contribution in [0, 0.1) is 11.8 Å². The number of nitrogen functional groups attached to an aromatic ring is 1. The lowest BCUT2D eigenvalue weighted by Crippen LogP contribution is -2.36. The minimum atomic E-state index is 0. The summed E-state index contributed by atoms with van der Waals surface area (Å²) in [7, 11) is 0. The molecular formula is C26H44ClN5O2. The van der Waals surface area contributed by atoms with Crippen molar-refractivity contribution in [2.45, 2.75) is 90.4 Å². The van der Waals surface area contributed by atoms with Gasteiger partial charge in [0.25, 0.3) is 0 Å². The summed E-state index contributed by atoms with van der Waals surface area (Å²) in [5.74, 6) is 2.97. The van der Waals surface area contributed by atoms with E-state index in [0.717, 1.165) is 43.1 Å². The number of hydrogen-bond donors (Lipinski definition) is 1. The molecule has 2 fully saturated rings. The summed E-state index contributed by atoms with van der Waals surface area (Å²) in [4.78, 5) is 25.9. The number of likely N-dealkylation sites (tertiary alicyclic amines) is 1. The Hall–Kier alpha value is -1.60. The van der Waals surface area contributed by atoms with Gasteiger partial charge in [-0.15, -0.1) is 12.4 Å². The molecule has 1 aromatic rings. The van der Waals surface area contributed by atoms with Gasteiger partial charge in [0.1, 0.15) is 11.6 Å². The minimum absolute atomic E-state index is 0. The number of halogens is 1. The number of hydrogen-bond acceptors (Lipinski definition) is 6. The third-order valence-corrected chi connectivity index (χ3v) is 7.80. The van der Waals surface area contributed by atoms with Crippen LogP contribution in [0.25, 0.3) is 0 Å². The van der Waals surface area contributed by atoms with Gasteiger partial charge in [-0.1, -0.05) is 45.4 Å². The summed E-state index contributed by atoms with van der Waals surface area (Å²) < 4.78 is 5.65. The molecule has 0 bridgehead atoms. The normalized spacial score (nSPS) is 19.4. The Morgan fingerprint density at radius 3 is 2.50 bits per heavy atom. The molecule has 1 saturated carbocycles. The number of piperidine rings is 1. The second-order valence-electron chi connectivity index (χ2n) is 10.4. The third-order valence-electron chi connectivity index (χ3n) is 7.80. The van der Waals surface area contributed by atoms with E-state index in [1.807, 2.05) is 0 Å². The highest BCUT2D eigenvalue weighted by molar-refractivity contribution is 6.01. The molecule has 1 aromatic heterocycles. The van der Waals surface area contributed by atoms with Crippen LogP contribution in [0.2, 0.25) is 0 Å². The number of carbonyl (C=O) groups is 1. The maximum absolute atomic E-state index is 12.6. The second kappa shape index (κ2) is 13.5. The van der Waals surface area contributed by atoms with Crippen molar-refractivity contribution < 1.29 is 9.53 Å². The average molecular weight is 494 g/mol. The number of carbonyl (C=O) groups excluding carboxylic acids is 1. The maximum Gasteiger partial charge on any atom is 0.320 e. The molecule has 3 aliphatic rings. The van der Waals surface area contributed by atoms with Crippen LogP contribution in [-0.2, 0) is 11.2 Å². The second-order valence-corrected chi connectivity index (χ2v) is 10.4. The van der Waals surface area contributed by atoms with E-state index in [1.165, 1.54) is 71.0 Å². The number of amides is 1. The Balaban J connectivity index is 0.00000324. The van der Waals surface area contributed by atoms with Crippen LogP contribution in [0.1, 0.15) is 89.5 Å². The van der Waals surface area contributed by atoms with Crippen molar-refractivity contribution in [3.63, 3.8) is 0 Å². The van der Waals surface area contributed by atoms with Gasteiger partial charge < -0.3 is 15.4 Å². The monoisotopic (exact) mass is 493 g/mol. The summed E-state index contributed by atoms with van der Waals surface area (Å²) in [5.41, 5.74) is 6.86. The first kappa shape index (κ1) is 27.0. The van der Waals surface area contributed by atoms with Crippen LogP contribution >= 0.6 is 12.4 Å². The van der Waals surface area contributed by atoms with E-state index in [-0.39, 0.29) is 18.3 Å². The zero-order chi connectivity index (χ0) is 23.0. The summed E-state index contributed by atoms with van der Waals surface area (Å²) in [5, 5.41) is 0. The molecule has 0 aromatic carbocycles. The highest BCUT2D eigenvalue weighted by Gasteiger charge is 2.32. The Bertz CT molecular complexity index is 779. The number of unbranched alkanes of at least 4 members (excludes halogenated alkanes) is 3. The first-order valence-corrected chi connectivity index (χ1v) is 13.5. The van der Waals surface area contributed by atoms with E-state index >= 15 is 0 Å². The number of nitrogens with two attached hydrogens (primary N) is 1. The summed E-state index contributed by atoms with van der Waals surface area (Å²) in [6.07, 6.45) is 15.6. The van der Waals surface area contributed by atoms with Gasteiger partial charge in [-0.2, -0.15) is 9.97 Å². The number of fused-ring (bicyclic) bond motifs is 1. The Labute approximate surface area is 211 Å². The molecule has 8 heteroatoms. The van der Waals surface area contributed by atoms with Crippen molar-refractivity contribution >= 4 is 29.9 Å². The van der Waals surface area contributed by atoms with E-state index < -0.39 is 0 Å². The van der Waals surface area contributed by atoms with Gasteiger partial charge in [-0.05, 0) is 63.5 Å². The first-order chi connectivity index (χ1) is 16.1. The van der Waals surface area contributed by atoms with E-state index in [1.54, 1.807) is 4.90 Å². The number of aromatic nitrogens is 2. The van der Waals surface area contributed by atoms with Crippen LogP contribution in [0.15, 0.2) is 0 Å². The maximum atomic E-state index is 12.6. The lowest BCUT2D eigenvalue weighted by Gasteiger charge is -2.33. The smallest absolute Gasteiger partial charge is 0.320 e. The number of nitrogens with zero attached hydrogens (tertiary/aromatic N) is 4. The van der Waals surface area contributed by atoms with Crippen LogP contribution in [-0.4, -0.2) is 53.6 Å². The molecule has 2 aliphatic heterocycles. The standard InChI is InChI=1S/C26H43N5O2.ClH/c1-2-3-17-33-26-28-24(27)22-18-23(32)31(25(22)29-26)14-8-4-5-9-20-12-15-30(16-13-20)19-21-10-6-7-11-21;/h20-21H,2-19H2,1H3,(H2,27,28,29);1H. The van der Waals surface area contributed by atoms with Crippen LogP contribution < -0.4 is 15.4 Å². The van der Waals surface area contributed by atoms with Gasteiger partial charge in [0.15, 0.2) is 0 Å². The van der Waals surface area contributed by atoms with Gasteiger partial charge in [0, 0.05) is 18.7 Å². The molecule has 0 spiro atoms. The highest BCUT2D eigenvalue weighted by Crippen LogP contribution is 2.33. The Morgan fingerprint density at radius 2 is 1.76 bits per heavy atom. The van der Waals surface area contributed by atoms with Crippen molar-refractivity contribution in [1.82, 2.24) is 14.9 Å². The Morgan fingerprint density at radius 1 is 1.00 bits per heavy atom. The molecular weight excluding hydrogens is 450 g/mol.